The van der Waals surface area contributed by atoms with E-state index in [1.165, 1.54) is 11.3 Å². The van der Waals surface area contributed by atoms with Crippen molar-refractivity contribution in [2.45, 2.75) is 25.8 Å². The molecule has 1 atom stereocenters. The minimum absolute atomic E-state index is 0. The van der Waals surface area contributed by atoms with Crippen LogP contribution in [-0.2, 0) is 0 Å². The molecule has 0 spiro atoms. The molecule has 1 aliphatic heterocycles. The Kier molecular flexibility index (Phi) is 5.23. The molecule has 3 aromatic heterocycles. The summed E-state index contributed by atoms with van der Waals surface area (Å²) in [7, 11) is 1.65. The summed E-state index contributed by atoms with van der Waals surface area (Å²) in [5, 5.41) is 4.40. The first-order valence-corrected chi connectivity index (χ1v) is 9.94. The van der Waals surface area contributed by atoms with Gasteiger partial charge in [-0.3, -0.25) is 4.40 Å². The summed E-state index contributed by atoms with van der Waals surface area (Å²) in [4.78, 5) is 6.88. The SMILES string of the molecule is COc1cc(OC[C@@H]2CCCN2)c2cc(-c3cn4cc(C)sc4n3)oc2c1.Cl. The number of imidazole rings is 1. The summed E-state index contributed by atoms with van der Waals surface area (Å²) >= 11 is 1.66. The third-order valence-electron chi connectivity index (χ3n) is 4.94. The van der Waals surface area contributed by atoms with Crippen LogP contribution in [0.5, 0.6) is 11.5 Å². The Morgan fingerprint density at radius 2 is 2.21 bits per heavy atom. The molecule has 0 amide bonds. The smallest absolute Gasteiger partial charge is 0.194 e. The van der Waals surface area contributed by atoms with E-state index < -0.39 is 0 Å². The summed E-state index contributed by atoms with van der Waals surface area (Å²) in [5.74, 6) is 2.24. The molecular weight excluding hydrogens is 398 g/mol. The van der Waals surface area contributed by atoms with Gasteiger partial charge in [0.2, 0.25) is 0 Å². The second-order valence-electron chi connectivity index (χ2n) is 6.91. The molecule has 0 radical (unpaired) electrons. The van der Waals surface area contributed by atoms with Gasteiger partial charge in [0.1, 0.15) is 29.4 Å². The maximum absolute atomic E-state index is 6.13. The maximum Gasteiger partial charge on any atom is 0.194 e. The molecule has 0 aliphatic carbocycles. The highest BCUT2D eigenvalue weighted by atomic mass is 35.5. The number of aryl methyl sites for hydroxylation is 1. The molecule has 4 aromatic rings. The van der Waals surface area contributed by atoms with Gasteiger partial charge in [0.05, 0.1) is 12.5 Å². The fraction of sp³-hybridized carbons (Fsp3) is 0.350. The maximum atomic E-state index is 6.13. The molecule has 148 valence electrons. The van der Waals surface area contributed by atoms with Gasteiger partial charge in [-0.1, -0.05) is 0 Å². The average molecular weight is 420 g/mol. The van der Waals surface area contributed by atoms with Crippen molar-refractivity contribution in [3.05, 3.63) is 35.5 Å². The molecule has 8 heteroatoms. The van der Waals surface area contributed by atoms with E-state index in [9.17, 15) is 0 Å². The highest BCUT2D eigenvalue weighted by molar-refractivity contribution is 7.17. The third kappa shape index (κ3) is 3.45. The molecule has 6 nitrogen and oxygen atoms in total. The number of hydrogen-bond donors (Lipinski definition) is 1. The van der Waals surface area contributed by atoms with E-state index in [4.69, 9.17) is 13.9 Å². The zero-order chi connectivity index (χ0) is 18.4. The van der Waals surface area contributed by atoms with Crippen molar-refractivity contribution in [3.63, 3.8) is 0 Å². The van der Waals surface area contributed by atoms with Crippen LogP contribution in [0.3, 0.4) is 0 Å². The van der Waals surface area contributed by atoms with Gasteiger partial charge in [0.25, 0.3) is 0 Å². The van der Waals surface area contributed by atoms with Gasteiger partial charge in [-0.15, -0.1) is 23.7 Å². The number of fused-ring (bicyclic) bond motifs is 2. The Bertz CT molecular complexity index is 1080. The van der Waals surface area contributed by atoms with E-state index in [2.05, 4.69) is 23.4 Å². The number of thiazole rings is 1. The van der Waals surface area contributed by atoms with Crippen LogP contribution in [-0.4, -0.2) is 35.7 Å². The topological polar surface area (TPSA) is 60.9 Å². The predicted molar refractivity (Wildman–Crippen MR) is 113 cm³/mol. The molecule has 1 saturated heterocycles. The lowest BCUT2D eigenvalue weighted by molar-refractivity contribution is 0.278. The molecular formula is C20H22ClN3O3S. The van der Waals surface area contributed by atoms with E-state index in [1.807, 2.05) is 28.8 Å². The van der Waals surface area contributed by atoms with Gasteiger partial charge < -0.3 is 19.2 Å². The second-order valence-corrected chi connectivity index (χ2v) is 8.12. The molecule has 4 heterocycles. The van der Waals surface area contributed by atoms with Crippen molar-refractivity contribution in [1.29, 1.82) is 0 Å². The van der Waals surface area contributed by atoms with Gasteiger partial charge >= 0.3 is 0 Å². The standard InChI is InChI=1S/C20H21N3O3S.ClH/c1-12-9-23-10-16(22-20(23)27-12)19-8-15-17(25-11-13-4-3-5-21-13)6-14(24-2)7-18(15)26-19;/h6-10,13,21H,3-5,11H2,1-2H3;1H/t13-;/m0./s1. The highest BCUT2D eigenvalue weighted by Crippen LogP contribution is 2.37. The monoisotopic (exact) mass is 419 g/mol. The van der Waals surface area contributed by atoms with Crippen molar-refractivity contribution in [2.75, 3.05) is 20.3 Å². The fourth-order valence-electron chi connectivity index (χ4n) is 3.57. The fourth-order valence-corrected chi connectivity index (χ4v) is 4.37. The number of methoxy groups -OCH3 is 1. The Hall–Kier alpha value is -2.22. The van der Waals surface area contributed by atoms with E-state index in [0.29, 0.717) is 12.6 Å². The van der Waals surface area contributed by atoms with Crippen LogP contribution in [0, 0.1) is 6.92 Å². The lowest BCUT2D eigenvalue weighted by atomic mass is 10.2. The lowest BCUT2D eigenvalue weighted by Gasteiger charge is -2.13. The minimum atomic E-state index is 0. The summed E-state index contributed by atoms with van der Waals surface area (Å²) < 4.78 is 19.7. The van der Waals surface area contributed by atoms with Gasteiger partial charge in [0, 0.05) is 35.4 Å². The minimum Gasteiger partial charge on any atom is -0.496 e. The molecule has 0 saturated carbocycles. The Labute approximate surface area is 172 Å². The van der Waals surface area contributed by atoms with Crippen molar-refractivity contribution in [3.8, 4) is 23.0 Å². The molecule has 28 heavy (non-hydrogen) atoms. The molecule has 0 bridgehead atoms. The number of hydrogen-bond acceptors (Lipinski definition) is 6. The first-order valence-electron chi connectivity index (χ1n) is 9.13. The Morgan fingerprint density at radius 1 is 1.32 bits per heavy atom. The average Bonchev–Trinajstić information content (AvgIpc) is 3.41. The third-order valence-corrected chi connectivity index (χ3v) is 5.85. The van der Waals surface area contributed by atoms with Crippen molar-refractivity contribution in [1.82, 2.24) is 14.7 Å². The summed E-state index contributed by atoms with van der Waals surface area (Å²) in [6.07, 6.45) is 6.42. The zero-order valence-corrected chi connectivity index (χ0v) is 17.4. The van der Waals surface area contributed by atoms with E-state index in [-0.39, 0.29) is 12.4 Å². The van der Waals surface area contributed by atoms with Crippen LogP contribution in [0.2, 0.25) is 0 Å². The van der Waals surface area contributed by atoms with Gasteiger partial charge in [-0.25, -0.2) is 4.98 Å². The lowest BCUT2D eigenvalue weighted by Crippen LogP contribution is -2.28. The summed E-state index contributed by atoms with van der Waals surface area (Å²) in [5.41, 5.74) is 1.56. The first-order chi connectivity index (χ1) is 13.2. The van der Waals surface area contributed by atoms with Crippen LogP contribution < -0.4 is 14.8 Å². The van der Waals surface area contributed by atoms with Crippen LogP contribution in [0.25, 0.3) is 27.4 Å². The number of aromatic nitrogens is 2. The molecule has 1 aromatic carbocycles. The van der Waals surface area contributed by atoms with Gasteiger partial charge in [-0.05, 0) is 32.4 Å². The van der Waals surface area contributed by atoms with Crippen LogP contribution in [0.1, 0.15) is 17.7 Å². The van der Waals surface area contributed by atoms with Crippen molar-refractivity contribution < 1.29 is 13.9 Å². The predicted octanol–water partition coefficient (Wildman–Crippen LogP) is 4.68. The number of ether oxygens (including phenoxy) is 2. The Balaban J connectivity index is 0.00000192. The van der Waals surface area contributed by atoms with Crippen LogP contribution in [0.15, 0.2) is 35.0 Å². The Morgan fingerprint density at radius 3 is 2.96 bits per heavy atom. The van der Waals surface area contributed by atoms with Crippen molar-refractivity contribution >= 4 is 39.7 Å². The number of halogens is 1. The molecule has 5 rings (SSSR count). The number of rotatable bonds is 5. The highest BCUT2D eigenvalue weighted by Gasteiger charge is 2.18. The van der Waals surface area contributed by atoms with Gasteiger partial charge in [-0.2, -0.15) is 0 Å². The summed E-state index contributed by atoms with van der Waals surface area (Å²) in [6, 6.07) is 6.22. The summed E-state index contributed by atoms with van der Waals surface area (Å²) in [6.45, 7) is 3.78. The largest absolute Gasteiger partial charge is 0.496 e. The van der Waals surface area contributed by atoms with Crippen LogP contribution >= 0.6 is 23.7 Å². The molecule has 1 aliphatic rings. The van der Waals surface area contributed by atoms with Gasteiger partial charge in [0.15, 0.2) is 10.7 Å². The number of benzene rings is 1. The second kappa shape index (κ2) is 7.66. The van der Waals surface area contributed by atoms with E-state index in [1.54, 1.807) is 18.4 Å². The number of furan rings is 1. The normalized spacial score (nSPS) is 16.6. The molecule has 0 unspecified atom stereocenters. The number of nitrogens with zero attached hydrogens (tertiary/aromatic N) is 2. The molecule has 1 N–H and O–H groups in total. The van der Waals surface area contributed by atoms with Crippen molar-refractivity contribution in [2.24, 2.45) is 0 Å². The zero-order valence-electron chi connectivity index (χ0n) is 15.7. The number of nitrogens with one attached hydrogen (secondary N) is 1. The van der Waals surface area contributed by atoms with E-state index >= 15 is 0 Å². The van der Waals surface area contributed by atoms with E-state index in [0.717, 1.165) is 51.8 Å². The van der Waals surface area contributed by atoms with Crippen LogP contribution in [0.4, 0.5) is 0 Å². The first kappa shape index (κ1) is 19.1. The molecule has 1 fully saturated rings. The quantitative estimate of drug-likeness (QED) is 0.509.